The molecule has 30 heavy (non-hydrogen) atoms. The summed E-state index contributed by atoms with van der Waals surface area (Å²) < 4.78 is 5.99. The summed E-state index contributed by atoms with van der Waals surface area (Å²) in [5.74, 6) is 4.05. The van der Waals surface area contributed by atoms with E-state index in [2.05, 4.69) is 21.2 Å². The van der Waals surface area contributed by atoms with Gasteiger partial charge in [0.1, 0.15) is 17.9 Å². The maximum Gasteiger partial charge on any atom is 0.246 e. The summed E-state index contributed by atoms with van der Waals surface area (Å²) in [5.41, 5.74) is 3.20. The number of fused-ring (bicyclic) bond motifs is 3. The van der Waals surface area contributed by atoms with Gasteiger partial charge in [0.05, 0.1) is 11.9 Å². The third-order valence-electron chi connectivity index (χ3n) is 4.97. The van der Waals surface area contributed by atoms with Crippen LogP contribution in [0, 0.1) is 12.3 Å². The van der Waals surface area contributed by atoms with Crippen molar-refractivity contribution in [1.29, 1.82) is 0 Å². The van der Waals surface area contributed by atoms with Gasteiger partial charge in [0, 0.05) is 36.0 Å². The fraction of sp³-hybridized carbons (Fsp3) is 0.261. The Balaban J connectivity index is 1.59. The van der Waals surface area contributed by atoms with Gasteiger partial charge in [-0.15, -0.1) is 6.42 Å². The number of nitrogens with one attached hydrogen (secondary N) is 1. The molecule has 4 rings (SSSR count). The van der Waals surface area contributed by atoms with Crippen molar-refractivity contribution in [2.45, 2.75) is 13.0 Å². The van der Waals surface area contributed by atoms with E-state index >= 15 is 0 Å². The van der Waals surface area contributed by atoms with E-state index in [4.69, 9.17) is 10.8 Å². The number of benzene rings is 1. The fourth-order valence-electron chi connectivity index (χ4n) is 3.50. The van der Waals surface area contributed by atoms with Crippen LogP contribution in [0.25, 0.3) is 11.1 Å². The van der Waals surface area contributed by atoms with Crippen LogP contribution in [0.5, 0.6) is 0 Å². The fourth-order valence-corrected chi connectivity index (χ4v) is 3.50. The number of likely N-dealkylation sites (N-methyl/N-ethyl adjacent to an activating group) is 1. The van der Waals surface area contributed by atoms with E-state index in [-0.39, 0.29) is 5.91 Å². The Morgan fingerprint density at radius 1 is 1.40 bits per heavy atom. The molecule has 7 nitrogen and oxygen atoms in total. The first kappa shape index (κ1) is 19.7. The number of hydrogen-bond acceptors (Lipinski definition) is 6. The Bertz CT molecular complexity index is 1160. The SMILES string of the molecule is C#Cc1cccc(Nc2ncnc3oc4c(c23)CCN(C(=O)/C=C/CN(C)C)C4)c1. The molecule has 3 heterocycles. The highest BCUT2D eigenvalue weighted by atomic mass is 16.3. The van der Waals surface area contributed by atoms with Crippen LogP contribution in [-0.2, 0) is 17.8 Å². The van der Waals surface area contributed by atoms with Gasteiger partial charge in [-0.2, -0.15) is 0 Å². The first-order valence-electron chi connectivity index (χ1n) is 9.74. The predicted octanol–water partition coefficient (Wildman–Crippen LogP) is 2.95. The molecule has 2 aromatic heterocycles. The monoisotopic (exact) mass is 401 g/mol. The minimum Gasteiger partial charge on any atom is -0.440 e. The standard InChI is InChI=1S/C23H23N5O2/c1-4-16-7-5-8-17(13-16)26-22-21-18-10-12-28(20(29)9-6-11-27(2)3)14-19(18)30-23(21)25-15-24-22/h1,5-9,13,15H,10-12,14H2,2-3H3,(H,24,25,26)/b9-6+. The van der Waals surface area contributed by atoms with E-state index < -0.39 is 0 Å². The minimum absolute atomic E-state index is 0.0153. The molecule has 152 valence electrons. The Labute approximate surface area is 175 Å². The average molecular weight is 401 g/mol. The van der Waals surface area contributed by atoms with Crippen LogP contribution < -0.4 is 5.32 Å². The van der Waals surface area contributed by atoms with E-state index in [1.807, 2.05) is 49.3 Å². The van der Waals surface area contributed by atoms with Crippen LogP contribution >= 0.6 is 0 Å². The van der Waals surface area contributed by atoms with Crippen molar-refractivity contribution < 1.29 is 9.21 Å². The molecule has 0 saturated heterocycles. The van der Waals surface area contributed by atoms with Gasteiger partial charge in [-0.05, 0) is 38.7 Å². The quantitative estimate of drug-likeness (QED) is 0.523. The Hall–Kier alpha value is -3.63. The van der Waals surface area contributed by atoms with Crippen LogP contribution in [0.3, 0.4) is 0 Å². The topological polar surface area (TPSA) is 74.5 Å². The lowest BCUT2D eigenvalue weighted by Crippen LogP contribution is -2.34. The highest BCUT2D eigenvalue weighted by Gasteiger charge is 2.27. The van der Waals surface area contributed by atoms with E-state index in [1.165, 1.54) is 6.33 Å². The second-order valence-corrected chi connectivity index (χ2v) is 7.43. The number of rotatable bonds is 5. The van der Waals surface area contributed by atoms with E-state index in [0.717, 1.165) is 34.5 Å². The number of furan rings is 1. The summed E-state index contributed by atoms with van der Waals surface area (Å²) in [6.45, 7) is 1.76. The molecule has 1 N–H and O–H groups in total. The second-order valence-electron chi connectivity index (χ2n) is 7.43. The summed E-state index contributed by atoms with van der Waals surface area (Å²) in [5, 5.41) is 4.18. The number of hydrogen-bond donors (Lipinski definition) is 1. The molecule has 1 aromatic carbocycles. The van der Waals surface area contributed by atoms with Crippen LogP contribution in [0.15, 0.2) is 47.2 Å². The molecule has 0 bridgehead atoms. The summed E-state index contributed by atoms with van der Waals surface area (Å²) in [6.07, 6.45) is 11.1. The van der Waals surface area contributed by atoms with Gasteiger partial charge in [0.25, 0.3) is 0 Å². The molecule has 7 heteroatoms. The molecule has 1 amide bonds. The highest BCUT2D eigenvalue weighted by molar-refractivity contribution is 5.93. The molecule has 0 unspecified atom stereocenters. The van der Waals surface area contributed by atoms with Crippen LogP contribution in [0.1, 0.15) is 16.9 Å². The van der Waals surface area contributed by atoms with Gasteiger partial charge >= 0.3 is 0 Å². The molecule has 0 aliphatic carbocycles. The first-order valence-corrected chi connectivity index (χ1v) is 9.74. The third kappa shape index (κ3) is 4.04. The van der Waals surface area contributed by atoms with Gasteiger partial charge in [0.15, 0.2) is 0 Å². The molecule has 0 atom stereocenters. The van der Waals surface area contributed by atoms with E-state index in [0.29, 0.717) is 31.0 Å². The lowest BCUT2D eigenvalue weighted by molar-refractivity contribution is -0.127. The Kier molecular flexibility index (Phi) is 5.50. The number of carbonyl (C=O) groups excluding carboxylic acids is 1. The summed E-state index contributed by atoms with van der Waals surface area (Å²) >= 11 is 0. The largest absolute Gasteiger partial charge is 0.440 e. The van der Waals surface area contributed by atoms with E-state index in [1.54, 1.807) is 11.0 Å². The van der Waals surface area contributed by atoms with Crippen molar-refractivity contribution in [1.82, 2.24) is 19.8 Å². The van der Waals surface area contributed by atoms with Crippen LogP contribution in [0.2, 0.25) is 0 Å². The van der Waals surface area contributed by atoms with Crippen molar-refractivity contribution in [3.05, 3.63) is 59.6 Å². The van der Waals surface area contributed by atoms with Crippen molar-refractivity contribution in [2.75, 3.05) is 32.5 Å². The summed E-state index contributed by atoms with van der Waals surface area (Å²) in [4.78, 5) is 25.0. The van der Waals surface area contributed by atoms with Crippen molar-refractivity contribution in [3.63, 3.8) is 0 Å². The molecular formula is C23H23N5O2. The maximum atomic E-state index is 12.5. The van der Waals surface area contributed by atoms with Crippen molar-refractivity contribution >= 4 is 28.5 Å². The van der Waals surface area contributed by atoms with E-state index in [9.17, 15) is 4.79 Å². The number of anilines is 2. The molecule has 1 aliphatic heterocycles. The number of terminal acetylenes is 1. The second kappa shape index (κ2) is 8.39. The number of aromatic nitrogens is 2. The first-order chi connectivity index (χ1) is 14.5. The Morgan fingerprint density at radius 2 is 2.27 bits per heavy atom. The molecule has 0 saturated carbocycles. The highest BCUT2D eigenvalue weighted by Crippen LogP contribution is 2.34. The summed E-state index contributed by atoms with van der Waals surface area (Å²) in [7, 11) is 3.93. The number of amides is 1. The van der Waals surface area contributed by atoms with Gasteiger partial charge in [-0.3, -0.25) is 4.79 Å². The van der Waals surface area contributed by atoms with Crippen molar-refractivity contribution in [2.24, 2.45) is 0 Å². The minimum atomic E-state index is -0.0153. The average Bonchev–Trinajstić information content (AvgIpc) is 3.12. The molecule has 0 spiro atoms. The number of nitrogens with zero attached hydrogens (tertiary/aromatic N) is 4. The molecule has 0 radical (unpaired) electrons. The van der Waals surface area contributed by atoms with Crippen LogP contribution in [-0.4, -0.2) is 52.9 Å². The molecule has 0 fully saturated rings. The Morgan fingerprint density at radius 3 is 3.07 bits per heavy atom. The predicted molar refractivity (Wildman–Crippen MR) is 116 cm³/mol. The zero-order valence-electron chi connectivity index (χ0n) is 17.1. The molecule has 1 aliphatic rings. The van der Waals surface area contributed by atoms with Gasteiger partial charge in [-0.1, -0.05) is 18.1 Å². The molecule has 3 aromatic rings. The lowest BCUT2D eigenvalue weighted by Gasteiger charge is -2.25. The summed E-state index contributed by atoms with van der Waals surface area (Å²) in [6, 6.07) is 7.59. The van der Waals surface area contributed by atoms with Crippen LogP contribution in [0.4, 0.5) is 11.5 Å². The smallest absolute Gasteiger partial charge is 0.246 e. The number of carbonyl (C=O) groups is 1. The molecular weight excluding hydrogens is 378 g/mol. The van der Waals surface area contributed by atoms with Gasteiger partial charge in [0.2, 0.25) is 11.6 Å². The zero-order chi connectivity index (χ0) is 21.1. The zero-order valence-corrected chi connectivity index (χ0v) is 17.1. The lowest BCUT2D eigenvalue weighted by atomic mass is 10.0. The normalized spacial score (nSPS) is 13.6. The van der Waals surface area contributed by atoms with Gasteiger partial charge in [-0.25, -0.2) is 9.97 Å². The third-order valence-corrected chi connectivity index (χ3v) is 4.97. The maximum absolute atomic E-state index is 12.5. The van der Waals surface area contributed by atoms with Crippen molar-refractivity contribution in [3.8, 4) is 12.3 Å². The van der Waals surface area contributed by atoms with Gasteiger partial charge < -0.3 is 19.5 Å².